The van der Waals surface area contributed by atoms with Crippen LogP contribution < -0.4 is 5.56 Å². The molecule has 0 unspecified atom stereocenters. The largest absolute Gasteiger partial charge is 0.326 e. The average molecular weight is 220 g/mol. The summed E-state index contributed by atoms with van der Waals surface area (Å²) in [5, 5.41) is 3.06. The maximum Gasteiger partial charge on any atom is 0.248 e. The highest BCUT2D eigenvalue weighted by Crippen LogP contribution is 2.23. The van der Waals surface area contributed by atoms with E-state index in [9.17, 15) is 4.79 Å². The lowest BCUT2D eigenvalue weighted by Gasteiger charge is -2.03. The third-order valence-electron chi connectivity index (χ3n) is 2.25. The second-order valence-corrected chi connectivity index (χ2v) is 4.38. The molecule has 0 atom stereocenters. The maximum atomic E-state index is 11.2. The van der Waals surface area contributed by atoms with Crippen LogP contribution in [0.1, 0.15) is 17.6 Å². The van der Waals surface area contributed by atoms with Gasteiger partial charge in [-0.2, -0.15) is 0 Å². The Labute approximate surface area is 91.8 Å². The van der Waals surface area contributed by atoms with Crippen LogP contribution in [0.5, 0.6) is 0 Å². The van der Waals surface area contributed by atoms with Crippen LogP contribution >= 0.6 is 11.3 Å². The zero-order valence-corrected chi connectivity index (χ0v) is 9.52. The van der Waals surface area contributed by atoms with Crippen molar-refractivity contribution < 1.29 is 0 Å². The van der Waals surface area contributed by atoms with Gasteiger partial charge in [0.1, 0.15) is 0 Å². The highest BCUT2D eigenvalue weighted by atomic mass is 32.1. The number of rotatable bonds is 2. The Bertz CT molecular complexity index is 527. The first-order valence-corrected chi connectivity index (χ1v) is 5.73. The number of thiazole rings is 1. The lowest BCUT2D eigenvalue weighted by Crippen LogP contribution is -2.07. The van der Waals surface area contributed by atoms with E-state index in [2.05, 4.69) is 9.97 Å². The topological polar surface area (TPSA) is 45.8 Å². The van der Waals surface area contributed by atoms with E-state index in [1.165, 1.54) is 0 Å². The molecule has 0 aliphatic carbocycles. The number of H-pyrrole nitrogens is 1. The van der Waals surface area contributed by atoms with Gasteiger partial charge >= 0.3 is 0 Å². The maximum absolute atomic E-state index is 11.2. The first kappa shape index (κ1) is 10.1. The highest BCUT2D eigenvalue weighted by Gasteiger charge is 2.07. The Morgan fingerprint density at radius 2 is 2.27 bits per heavy atom. The van der Waals surface area contributed by atoms with Crippen LogP contribution in [0.15, 0.2) is 22.3 Å². The molecule has 1 N–H and O–H groups in total. The monoisotopic (exact) mass is 220 g/mol. The molecule has 0 amide bonds. The molecule has 0 aliphatic heterocycles. The fraction of sp³-hybridized carbons (Fsp3) is 0.273. The highest BCUT2D eigenvalue weighted by molar-refractivity contribution is 7.09. The minimum Gasteiger partial charge on any atom is -0.326 e. The fourth-order valence-electron chi connectivity index (χ4n) is 1.52. The number of aromatic nitrogens is 2. The smallest absolute Gasteiger partial charge is 0.248 e. The summed E-state index contributed by atoms with van der Waals surface area (Å²) in [4.78, 5) is 18.4. The van der Waals surface area contributed by atoms with Gasteiger partial charge in [0.2, 0.25) is 5.56 Å². The summed E-state index contributed by atoms with van der Waals surface area (Å²) in [5.74, 6) is 0. The van der Waals surface area contributed by atoms with E-state index in [4.69, 9.17) is 0 Å². The standard InChI is InChI=1S/C11H12N2OS/c1-3-9-8(4-5-11(14)13-9)10-6-15-7(2)12-10/h4-6H,3H2,1-2H3,(H,13,14). The van der Waals surface area contributed by atoms with Crippen molar-refractivity contribution in [2.45, 2.75) is 20.3 Å². The van der Waals surface area contributed by atoms with Gasteiger partial charge in [0.25, 0.3) is 0 Å². The van der Waals surface area contributed by atoms with E-state index < -0.39 is 0 Å². The minimum atomic E-state index is -0.0532. The Hall–Kier alpha value is -1.42. The van der Waals surface area contributed by atoms with Gasteiger partial charge < -0.3 is 4.98 Å². The summed E-state index contributed by atoms with van der Waals surface area (Å²) < 4.78 is 0. The quantitative estimate of drug-likeness (QED) is 0.844. The summed E-state index contributed by atoms with van der Waals surface area (Å²) in [6.07, 6.45) is 0.808. The number of pyridine rings is 1. The van der Waals surface area contributed by atoms with Crippen LogP contribution in [-0.2, 0) is 6.42 Å². The second kappa shape index (κ2) is 3.98. The van der Waals surface area contributed by atoms with Gasteiger partial charge in [-0.25, -0.2) is 4.98 Å². The van der Waals surface area contributed by atoms with Crippen molar-refractivity contribution in [1.29, 1.82) is 0 Å². The number of nitrogens with zero attached hydrogens (tertiary/aromatic N) is 1. The van der Waals surface area contributed by atoms with E-state index in [0.717, 1.165) is 28.4 Å². The van der Waals surface area contributed by atoms with Crippen LogP contribution in [0.25, 0.3) is 11.3 Å². The number of aryl methyl sites for hydroxylation is 2. The van der Waals surface area contributed by atoms with Gasteiger partial charge in [-0.1, -0.05) is 6.92 Å². The van der Waals surface area contributed by atoms with Crippen molar-refractivity contribution in [3.63, 3.8) is 0 Å². The van der Waals surface area contributed by atoms with Crippen molar-refractivity contribution in [1.82, 2.24) is 9.97 Å². The summed E-state index contributed by atoms with van der Waals surface area (Å²) in [6, 6.07) is 3.38. The summed E-state index contributed by atoms with van der Waals surface area (Å²) in [6.45, 7) is 4.00. The fourth-order valence-corrected chi connectivity index (χ4v) is 2.14. The molecule has 2 aromatic heterocycles. The Morgan fingerprint density at radius 1 is 1.47 bits per heavy atom. The molecule has 0 aliphatic rings. The number of hydrogen-bond donors (Lipinski definition) is 1. The third-order valence-corrected chi connectivity index (χ3v) is 3.02. The molecular formula is C11H12N2OS. The van der Waals surface area contributed by atoms with Gasteiger partial charge in [-0.3, -0.25) is 4.79 Å². The minimum absolute atomic E-state index is 0.0532. The molecule has 0 bridgehead atoms. The molecule has 2 aromatic rings. The Kier molecular flexibility index (Phi) is 2.68. The van der Waals surface area contributed by atoms with Crippen molar-refractivity contribution in [2.24, 2.45) is 0 Å². The summed E-state index contributed by atoms with van der Waals surface area (Å²) in [5.41, 5.74) is 2.88. The zero-order chi connectivity index (χ0) is 10.8. The van der Waals surface area contributed by atoms with E-state index in [-0.39, 0.29) is 5.56 Å². The van der Waals surface area contributed by atoms with Gasteiger partial charge in [0, 0.05) is 22.7 Å². The lowest BCUT2D eigenvalue weighted by atomic mass is 10.1. The first-order chi connectivity index (χ1) is 7.20. The third kappa shape index (κ3) is 1.99. The Morgan fingerprint density at radius 3 is 2.87 bits per heavy atom. The van der Waals surface area contributed by atoms with Crippen LogP contribution in [0.4, 0.5) is 0 Å². The van der Waals surface area contributed by atoms with E-state index in [1.807, 2.05) is 25.3 Å². The molecule has 78 valence electrons. The first-order valence-electron chi connectivity index (χ1n) is 4.85. The van der Waals surface area contributed by atoms with Gasteiger partial charge in [-0.05, 0) is 19.4 Å². The molecule has 2 rings (SSSR count). The molecule has 0 spiro atoms. The lowest BCUT2D eigenvalue weighted by molar-refractivity contribution is 1.01. The van der Waals surface area contributed by atoms with E-state index in [0.29, 0.717) is 0 Å². The van der Waals surface area contributed by atoms with Crippen molar-refractivity contribution in [2.75, 3.05) is 0 Å². The Balaban J connectivity index is 2.57. The number of nitrogens with one attached hydrogen (secondary N) is 1. The number of hydrogen-bond acceptors (Lipinski definition) is 3. The van der Waals surface area contributed by atoms with Crippen molar-refractivity contribution in [3.05, 3.63) is 38.6 Å². The molecule has 0 aromatic carbocycles. The van der Waals surface area contributed by atoms with Gasteiger partial charge in [0.15, 0.2) is 0 Å². The van der Waals surface area contributed by atoms with Crippen LogP contribution in [-0.4, -0.2) is 9.97 Å². The van der Waals surface area contributed by atoms with E-state index in [1.54, 1.807) is 17.4 Å². The van der Waals surface area contributed by atoms with Gasteiger partial charge in [0.05, 0.1) is 10.7 Å². The predicted octanol–water partition coefficient (Wildman–Crippen LogP) is 2.37. The van der Waals surface area contributed by atoms with Gasteiger partial charge in [-0.15, -0.1) is 11.3 Å². The summed E-state index contributed by atoms with van der Waals surface area (Å²) in [7, 11) is 0. The molecule has 4 heteroatoms. The molecule has 0 radical (unpaired) electrons. The molecule has 0 saturated heterocycles. The normalized spacial score (nSPS) is 10.5. The number of aromatic amines is 1. The molecule has 0 fully saturated rings. The molecule has 0 saturated carbocycles. The zero-order valence-electron chi connectivity index (χ0n) is 8.70. The van der Waals surface area contributed by atoms with Crippen LogP contribution in [0.3, 0.4) is 0 Å². The van der Waals surface area contributed by atoms with Crippen LogP contribution in [0.2, 0.25) is 0 Å². The molecule has 3 nitrogen and oxygen atoms in total. The second-order valence-electron chi connectivity index (χ2n) is 3.32. The molecule has 2 heterocycles. The molecule has 15 heavy (non-hydrogen) atoms. The van der Waals surface area contributed by atoms with Crippen LogP contribution in [0, 0.1) is 6.92 Å². The van der Waals surface area contributed by atoms with Crippen molar-refractivity contribution in [3.8, 4) is 11.3 Å². The average Bonchev–Trinajstić information content (AvgIpc) is 2.64. The van der Waals surface area contributed by atoms with E-state index >= 15 is 0 Å². The van der Waals surface area contributed by atoms with Crippen molar-refractivity contribution >= 4 is 11.3 Å². The SMILES string of the molecule is CCc1[nH]c(=O)ccc1-c1csc(C)n1. The summed E-state index contributed by atoms with van der Waals surface area (Å²) >= 11 is 1.62. The molecular weight excluding hydrogens is 208 g/mol. The predicted molar refractivity (Wildman–Crippen MR) is 62.3 cm³/mol.